The molecule has 0 aromatic carbocycles. The minimum absolute atomic E-state index is 0.390. The highest BCUT2D eigenvalue weighted by Gasteiger charge is 2.64. The van der Waals surface area contributed by atoms with E-state index in [1.54, 1.807) is 0 Å². The second-order valence-electron chi connectivity index (χ2n) is 6.71. The van der Waals surface area contributed by atoms with Crippen LogP contribution in [0.15, 0.2) is 0 Å². The maximum atomic E-state index is 6.16. The van der Waals surface area contributed by atoms with Crippen molar-refractivity contribution in [2.75, 3.05) is 0 Å². The summed E-state index contributed by atoms with van der Waals surface area (Å²) in [5.74, 6) is 2.38. The van der Waals surface area contributed by atoms with Gasteiger partial charge in [-0.25, -0.2) is 0 Å². The topological polar surface area (TPSA) is 30.7 Å². The minimum atomic E-state index is 0.390. The Morgan fingerprint density at radius 3 is 2.24 bits per heavy atom. The van der Waals surface area contributed by atoms with Crippen molar-refractivity contribution in [3.63, 3.8) is 0 Å². The van der Waals surface area contributed by atoms with Gasteiger partial charge in [-0.05, 0) is 41.2 Å². The molecule has 2 aliphatic rings. The van der Waals surface area contributed by atoms with Gasteiger partial charge in [-0.3, -0.25) is 0 Å². The second-order valence-corrected chi connectivity index (χ2v) is 7.05. The van der Waals surface area contributed by atoms with Gasteiger partial charge < -0.3 is 4.57 Å². The lowest BCUT2D eigenvalue weighted by Crippen LogP contribution is -2.08. The standard InChI is InChI=1S/C13H20ClN3/c1-12(2)9(13(12,3)4)7-17-10(8-5-6-8)15-16-11(17)14/h8-9H,5-7H2,1-4H3. The number of rotatable bonds is 3. The third kappa shape index (κ3) is 1.55. The molecule has 3 rings (SSSR count). The zero-order valence-corrected chi connectivity index (χ0v) is 11.8. The summed E-state index contributed by atoms with van der Waals surface area (Å²) in [5.41, 5.74) is 0.781. The van der Waals surface area contributed by atoms with E-state index in [9.17, 15) is 0 Å². The van der Waals surface area contributed by atoms with Crippen molar-refractivity contribution in [1.82, 2.24) is 14.8 Å². The van der Waals surface area contributed by atoms with Crippen LogP contribution in [0.2, 0.25) is 5.28 Å². The third-order valence-electron chi connectivity index (χ3n) is 5.36. The van der Waals surface area contributed by atoms with Gasteiger partial charge >= 0.3 is 0 Å². The zero-order valence-electron chi connectivity index (χ0n) is 11.0. The first kappa shape index (κ1) is 11.5. The average molecular weight is 254 g/mol. The fourth-order valence-electron chi connectivity index (χ4n) is 3.08. The summed E-state index contributed by atoms with van der Waals surface area (Å²) in [6.07, 6.45) is 2.49. The fraction of sp³-hybridized carbons (Fsp3) is 0.846. The molecule has 0 spiro atoms. The van der Waals surface area contributed by atoms with Crippen LogP contribution in [0.3, 0.4) is 0 Å². The Balaban J connectivity index is 1.85. The van der Waals surface area contributed by atoms with E-state index in [2.05, 4.69) is 42.5 Å². The van der Waals surface area contributed by atoms with Gasteiger partial charge in [0.05, 0.1) is 0 Å². The van der Waals surface area contributed by atoms with Gasteiger partial charge in [0.25, 0.3) is 0 Å². The average Bonchev–Trinajstić information content (AvgIpc) is 3.07. The highest BCUT2D eigenvalue weighted by atomic mass is 35.5. The Bertz CT molecular complexity index is 443. The van der Waals surface area contributed by atoms with Crippen molar-refractivity contribution in [2.45, 2.75) is 53.0 Å². The van der Waals surface area contributed by atoms with Crippen LogP contribution in [0.5, 0.6) is 0 Å². The number of hydrogen-bond acceptors (Lipinski definition) is 2. The van der Waals surface area contributed by atoms with E-state index in [-0.39, 0.29) is 0 Å². The van der Waals surface area contributed by atoms with Crippen LogP contribution in [0.25, 0.3) is 0 Å². The van der Waals surface area contributed by atoms with E-state index in [1.165, 1.54) is 12.8 Å². The predicted molar refractivity (Wildman–Crippen MR) is 68.1 cm³/mol. The van der Waals surface area contributed by atoms with Crippen molar-refractivity contribution in [1.29, 1.82) is 0 Å². The first-order chi connectivity index (χ1) is 7.85. The van der Waals surface area contributed by atoms with Crippen molar-refractivity contribution in [2.24, 2.45) is 16.7 Å². The Morgan fingerprint density at radius 1 is 1.18 bits per heavy atom. The van der Waals surface area contributed by atoms with Gasteiger partial charge in [0, 0.05) is 12.5 Å². The molecule has 0 aliphatic heterocycles. The van der Waals surface area contributed by atoms with Crippen LogP contribution in [-0.4, -0.2) is 14.8 Å². The molecule has 2 saturated carbocycles. The summed E-state index contributed by atoms with van der Waals surface area (Å²) >= 11 is 6.16. The lowest BCUT2D eigenvalue weighted by Gasteiger charge is -2.08. The van der Waals surface area contributed by atoms with Gasteiger partial charge in [-0.2, -0.15) is 0 Å². The number of aromatic nitrogens is 3. The van der Waals surface area contributed by atoms with E-state index < -0.39 is 0 Å². The minimum Gasteiger partial charge on any atom is -0.301 e. The molecule has 17 heavy (non-hydrogen) atoms. The first-order valence-corrected chi connectivity index (χ1v) is 6.82. The van der Waals surface area contributed by atoms with E-state index in [1.807, 2.05) is 0 Å². The first-order valence-electron chi connectivity index (χ1n) is 6.44. The molecule has 0 radical (unpaired) electrons. The fourth-order valence-corrected chi connectivity index (χ4v) is 3.27. The third-order valence-corrected chi connectivity index (χ3v) is 5.64. The zero-order chi connectivity index (χ0) is 12.4. The molecule has 94 valence electrons. The van der Waals surface area contributed by atoms with Crippen LogP contribution < -0.4 is 0 Å². The quantitative estimate of drug-likeness (QED) is 0.826. The summed E-state index contributed by atoms with van der Waals surface area (Å²) in [5, 5.41) is 8.83. The normalized spacial score (nSPS) is 26.2. The number of hydrogen-bond donors (Lipinski definition) is 0. The van der Waals surface area contributed by atoms with E-state index in [0.717, 1.165) is 12.4 Å². The largest absolute Gasteiger partial charge is 0.301 e. The summed E-state index contributed by atoms with van der Waals surface area (Å²) < 4.78 is 2.14. The van der Waals surface area contributed by atoms with Crippen molar-refractivity contribution in [3.8, 4) is 0 Å². The molecule has 0 atom stereocenters. The van der Waals surface area contributed by atoms with E-state index >= 15 is 0 Å². The van der Waals surface area contributed by atoms with Crippen molar-refractivity contribution >= 4 is 11.6 Å². The van der Waals surface area contributed by atoms with Gasteiger partial charge in [-0.1, -0.05) is 27.7 Å². The van der Waals surface area contributed by atoms with Crippen LogP contribution in [0.4, 0.5) is 0 Å². The highest BCUT2D eigenvalue weighted by Crippen LogP contribution is 2.69. The summed E-state index contributed by atoms with van der Waals surface area (Å²) in [6.45, 7) is 10.3. The molecule has 2 aliphatic carbocycles. The molecule has 0 N–H and O–H groups in total. The Kier molecular flexibility index (Phi) is 2.20. The highest BCUT2D eigenvalue weighted by molar-refractivity contribution is 6.28. The van der Waals surface area contributed by atoms with Crippen molar-refractivity contribution < 1.29 is 0 Å². The molecule has 4 heteroatoms. The van der Waals surface area contributed by atoms with Crippen LogP contribution in [0.1, 0.15) is 52.3 Å². The van der Waals surface area contributed by atoms with Gasteiger partial charge in [0.15, 0.2) is 0 Å². The summed E-state index contributed by atoms with van der Waals surface area (Å²) in [4.78, 5) is 0. The SMILES string of the molecule is CC1(C)C(Cn2c(Cl)nnc2C2CC2)C1(C)C. The Labute approximate surface area is 108 Å². The lowest BCUT2D eigenvalue weighted by atomic mass is 10.0. The summed E-state index contributed by atoms with van der Waals surface area (Å²) in [7, 11) is 0. The second kappa shape index (κ2) is 3.25. The molecular weight excluding hydrogens is 234 g/mol. The van der Waals surface area contributed by atoms with Crippen LogP contribution >= 0.6 is 11.6 Å². The molecule has 2 fully saturated rings. The van der Waals surface area contributed by atoms with Crippen LogP contribution in [-0.2, 0) is 6.54 Å². The van der Waals surface area contributed by atoms with Crippen LogP contribution in [0, 0.1) is 16.7 Å². The Morgan fingerprint density at radius 2 is 1.76 bits per heavy atom. The molecule has 3 nitrogen and oxygen atoms in total. The Hall–Kier alpha value is -0.570. The molecule has 1 heterocycles. The molecule has 1 aromatic heterocycles. The maximum absolute atomic E-state index is 6.16. The number of halogens is 1. The smallest absolute Gasteiger partial charge is 0.225 e. The van der Waals surface area contributed by atoms with E-state index in [4.69, 9.17) is 11.6 Å². The van der Waals surface area contributed by atoms with E-state index in [0.29, 0.717) is 27.9 Å². The maximum Gasteiger partial charge on any atom is 0.225 e. The summed E-state index contributed by atoms with van der Waals surface area (Å²) in [6, 6.07) is 0. The monoisotopic (exact) mass is 253 g/mol. The predicted octanol–water partition coefficient (Wildman–Crippen LogP) is 3.49. The molecular formula is C13H20ClN3. The number of nitrogens with zero attached hydrogens (tertiary/aromatic N) is 3. The van der Waals surface area contributed by atoms with Gasteiger partial charge in [0.2, 0.25) is 5.28 Å². The molecule has 0 amide bonds. The van der Waals surface area contributed by atoms with Gasteiger partial charge in [-0.15, -0.1) is 10.2 Å². The molecule has 0 saturated heterocycles. The van der Waals surface area contributed by atoms with Crippen molar-refractivity contribution in [3.05, 3.63) is 11.1 Å². The molecule has 0 unspecified atom stereocenters. The molecule has 1 aromatic rings. The molecule has 0 bridgehead atoms. The van der Waals surface area contributed by atoms with Gasteiger partial charge in [0.1, 0.15) is 5.82 Å². The lowest BCUT2D eigenvalue weighted by molar-refractivity contribution is 0.457.